The molecule has 0 radical (unpaired) electrons. The minimum atomic E-state index is 0.637. The van der Waals surface area contributed by atoms with Gasteiger partial charge in [0, 0.05) is 30.9 Å². The van der Waals surface area contributed by atoms with Crippen molar-refractivity contribution in [3.63, 3.8) is 0 Å². The molecule has 1 heterocycles. The van der Waals surface area contributed by atoms with Gasteiger partial charge in [0.1, 0.15) is 5.75 Å². The van der Waals surface area contributed by atoms with Crippen molar-refractivity contribution < 1.29 is 4.74 Å². The number of likely N-dealkylation sites (N-methyl/N-ethyl adjacent to an activating group) is 1. The van der Waals surface area contributed by atoms with E-state index >= 15 is 0 Å². The van der Waals surface area contributed by atoms with Crippen LogP contribution in [0, 0.1) is 0 Å². The van der Waals surface area contributed by atoms with Crippen molar-refractivity contribution in [3.8, 4) is 5.75 Å². The predicted molar refractivity (Wildman–Crippen MR) is 76.3 cm³/mol. The third kappa shape index (κ3) is 2.70. The topological polar surface area (TPSA) is 41.7 Å². The van der Waals surface area contributed by atoms with Gasteiger partial charge >= 0.3 is 0 Å². The zero-order valence-electron chi connectivity index (χ0n) is 11.5. The number of nitrogens with zero attached hydrogens (tertiary/aromatic N) is 2. The fourth-order valence-corrected chi connectivity index (χ4v) is 2.40. The highest BCUT2D eigenvalue weighted by Crippen LogP contribution is 2.30. The lowest BCUT2D eigenvalue weighted by atomic mass is 10.2. The fraction of sp³-hybridized carbons (Fsp3) is 0.571. The van der Waals surface area contributed by atoms with Gasteiger partial charge in [0.25, 0.3) is 0 Å². The first kappa shape index (κ1) is 13.0. The minimum absolute atomic E-state index is 0.637. The highest BCUT2D eigenvalue weighted by atomic mass is 16.5. The van der Waals surface area contributed by atoms with E-state index in [2.05, 4.69) is 36.0 Å². The van der Waals surface area contributed by atoms with E-state index in [1.54, 1.807) is 0 Å². The van der Waals surface area contributed by atoms with Crippen molar-refractivity contribution in [1.29, 1.82) is 0 Å². The smallest absolute Gasteiger partial charge is 0.144 e. The summed E-state index contributed by atoms with van der Waals surface area (Å²) in [4.78, 5) is 4.69. The van der Waals surface area contributed by atoms with Crippen molar-refractivity contribution in [2.24, 2.45) is 0 Å². The van der Waals surface area contributed by atoms with Gasteiger partial charge in [-0.15, -0.1) is 0 Å². The van der Waals surface area contributed by atoms with E-state index in [1.165, 1.54) is 12.1 Å². The zero-order chi connectivity index (χ0) is 13.1. The van der Waals surface area contributed by atoms with Crippen LogP contribution in [0.25, 0.3) is 0 Å². The van der Waals surface area contributed by atoms with Crippen LogP contribution in [0.4, 0.5) is 11.4 Å². The Hall–Kier alpha value is -1.42. The Morgan fingerprint density at radius 2 is 2.22 bits per heavy atom. The van der Waals surface area contributed by atoms with Crippen LogP contribution in [0.5, 0.6) is 5.75 Å². The lowest BCUT2D eigenvalue weighted by molar-refractivity contribution is 0.315. The Morgan fingerprint density at radius 1 is 1.44 bits per heavy atom. The van der Waals surface area contributed by atoms with Crippen LogP contribution in [-0.4, -0.2) is 44.7 Å². The van der Waals surface area contributed by atoms with E-state index in [9.17, 15) is 0 Å². The molecule has 1 aromatic carbocycles. The molecule has 0 aliphatic carbocycles. The van der Waals surface area contributed by atoms with Gasteiger partial charge in [-0.25, -0.2) is 0 Å². The van der Waals surface area contributed by atoms with Gasteiger partial charge in [0.05, 0.1) is 12.3 Å². The quantitative estimate of drug-likeness (QED) is 0.826. The van der Waals surface area contributed by atoms with Gasteiger partial charge in [-0.3, -0.25) is 0 Å². The van der Waals surface area contributed by atoms with Crippen LogP contribution in [0.1, 0.15) is 13.3 Å². The molecular formula is C14H23N3O. The Bertz CT molecular complexity index is 406. The first-order valence-corrected chi connectivity index (χ1v) is 6.55. The van der Waals surface area contributed by atoms with Crippen molar-refractivity contribution in [1.82, 2.24) is 4.90 Å². The lowest BCUT2D eigenvalue weighted by Gasteiger charge is -2.22. The third-order valence-corrected chi connectivity index (χ3v) is 3.56. The van der Waals surface area contributed by atoms with Crippen LogP contribution in [0.2, 0.25) is 0 Å². The Balaban J connectivity index is 2.12. The molecule has 1 aromatic rings. The molecule has 1 unspecified atom stereocenters. The summed E-state index contributed by atoms with van der Waals surface area (Å²) >= 11 is 0. The highest BCUT2D eigenvalue weighted by Gasteiger charge is 2.24. The largest absolute Gasteiger partial charge is 0.492 e. The van der Waals surface area contributed by atoms with Crippen LogP contribution in [-0.2, 0) is 0 Å². The van der Waals surface area contributed by atoms with Gasteiger partial charge < -0.3 is 20.3 Å². The first-order valence-electron chi connectivity index (χ1n) is 6.55. The first-order chi connectivity index (χ1) is 8.61. The molecule has 1 aliphatic heterocycles. The normalized spacial score (nSPS) is 19.6. The molecule has 0 spiro atoms. The van der Waals surface area contributed by atoms with Crippen molar-refractivity contribution in [3.05, 3.63) is 18.2 Å². The van der Waals surface area contributed by atoms with Gasteiger partial charge in [-0.1, -0.05) is 0 Å². The number of hydrogen-bond donors (Lipinski definition) is 1. The number of ether oxygens (including phenoxy) is 1. The molecule has 4 nitrogen and oxygen atoms in total. The summed E-state index contributed by atoms with van der Waals surface area (Å²) in [6, 6.07) is 6.70. The van der Waals surface area contributed by atoms with E-state index in [0.717, 1.165) is 18.8 Å². The average Bonchev–Trinajstić information content (AvgIpc) is 2.82. The molecule has 100 valence electrons. The monoisotopic (exact) mass is 249 g/mol. The second-order valence-electron chi connectivity index (χ2n) is 5.01. The summed E-state index contributed by atoms with van der Waals surface area (Å²) in [5.74, 6) is 0.795. The molecule has 1 aliphatic rings. The molecule has 2 rings (SSSR count). The summed E-state index contributed by atoms with van der Waals surface area (Å²) < 4.78 is 5.55. The molecule has 4 heteroatoms. The molecule has 18 heavy (non-hydrogen) atoms. The zero-order valence-corrected chi connectivity index (χ0v) is 11.5. The van der Waals surface area contributed by atoms with E-state index in [4.69, 9.17) is 10.5 Å². The Labute approximate surface area is 109 Å². The van der Waals surface area contributed by atoms with Crippen LogP contribution in [0.3, 0.4) is 0 Å². The van der Waals surface area contributed by atoms with Crippen LogP contribution >= 0.6 is 0 Å². The fourth-order valence-electron chi connectivity index (χ4n) is 2.40. The van der Waals surface area contributed by atoms with Gasteiger partial charge in [0.15, 0.2) is 0 Å². The van der Waals surface area contributed by atoms with Gasteiger partial charge in [-0.2, -0.15) is 0 Å². The molecule has 2 N–H and O–H groups in total. The Kier molecular flexibility index (Phi) is 3.97. The SMILES string of the molecule is CCOc1cc(N2CCC(N(C)C)C2)ccc1N. The van der Waals surface area contributed by atoms with Gasteiger partial charge in [-0.05, 0) is 39.6 Å². The molecule has 1 atom stereocenters. The molecule has 0 amide bonds. The molecule has 0 aromatic heterocycles. The maximum atomic E-state index is 5.90. The minimum Gasteiger partial charge on any atom is -0.492 e. The van der Waals surface area contributed by atoms with Gasteiger partial charge in [0.2, 0.25) is 0 Å². The maximum absolute atomic E-state index is 5.90. The molecule has 0 bridgehead atoms. The van der Waals surface area contributed by atoms with E-state index < -0.39 is 0 Å². The summed E-state index contributed by atoms with van der Waals surface area (Å²) in [7, 11) is 4.28. The van der Waals surface area contributed by atoms with E-state index in [0.29, 0.717) is 18.3 Å². The molecular weight excluding hydrogens is 226 g/mol. The Morgan fingerprint density at radius 3 is 2.83 bits per heavy atom. The number of nitrogens with two attached hydrogens (primary N) is 1. The van der Waals surface area contributed by atoms with E-state index in [-0.39, 0.29) is 0 Å². The number of nitrogen functional groups attached to an aromatic ring is 1. The lowest BCUT2D eigenvalue weighted by Crippen LogP contribution is -2.31. The number of anilines is 2. The summed E-state index contributed by atoms with van der Waals surface area (Å²) in [6.07, 6.45) is 1.21. The van der Waals surface area contributed by atoms with Crippen molar-refractivity contribution >= 4 is 11.4 Å². The predicted octanol–water partition coefficient (Wildman–Crippen LogP) is 1.81. The number of hydrogen-bond acceptors (Lipinski definition) is 4. The number of benzene rings is 1. The summed E-state index contributed by atoms with van der Waals surface area (Å²) in [5, 5.41) is 0. The summed E-state index contributed by atoms with van der Waals surface area (Å²) in [5.41, 5.74) is 7.82. The van der Waals surface area contributed by atoms with Crippen LogP contribution < -0.4 is 15.4 Å². The molecule has 1 saturated heterocycles. The summed E-state index contributed by atoms with van der Waals surface area (Å²) in [6.45, 7) is 4.79. The standard InChI is InChI=1S/C14H23N3O/c1-4-18-14-9-11(5-6-13(14)15)17-8-7-12(10-17)16(2)3/h5-6,9,12H,4,7-8,10,15H2,1-3H3. The van der Waals surface area contributed by atoms with Crippen molar-refractivity contribution in [2.75, 3.05) is 44.4 Å². The molecule has 1 fully saturated rings. The van der Waals surface area contributed by atoms with Crippen LogP contribution in [0.15, 0.2) is 18.2 Å². The highest BCUT2D eigenvalue weighted by molar-refractivity contribution is 5.62. The van der Waals surface area contributed by atoms with Crippen molar-refractivity contribution in [2.45, 2.75) is 19.4 Å². The average molecular weight is 249 g/mol. The molecule has 0 saturated carbocycles. The maximum Gasteiger partial charge on any atom is 0.144 e. The number of rotatable bonds is 4. The van der Waals surface area contributed by atoms with E-state index in [1.807, 2.05) is 13.0 Å². The third-order valence-electron chi connectivity index (χ3n) is 3.56. The second-order valence-corrected chi connectivity index (χ2v) is 5.01. The second kappa shape index (κ2) is 5.48.